The third-order valence-corrected chi connectivity index (χ3v) is 3.07. The quantitative estimate of drug-likeness (QED) is 0.763. The zero-order chi connectivity index (χ0) is 12.3. The van der Waals surface area contributed by atoms with E-state index in [1.54, 1.807) is 6.07 Å². The predicted octanol–water partition coefficient (Wildman–Crippen LogP) is -0.0973. The summed E-state index contributed by atoms with van der Waals surface area (Å²) in [4.78, 5) is 10.5. The van der Waals surface area contributed by atoms with Gasteiger partial charge < -0.3 is 9.52 Å². The Morgan fingerprint density at radius 2 is 2.25 bits per heavy atom. The molecular weight excluding hydrogens is 236 g/mol. The van der Waals surface area contributed by atoms with Crippen LogP contribution in [-0.4, -0.2) is 25.5 Å². The molecule has 0 saturated carbocycles. The minimum Gasteiger partial charge on any atom is -0.480 e. The first kappa shape index (κ1) is 12.2. The first-order valence-electron chi connectivity index (χ1n) is 4.12. The average Bonchev–Trinajstić information content (AvgIpc) is 2.65. The zero-order valence-corrected chi connectivity index (χ0v) is 8.98. The van der Waals surface area contributed by atoms with Gasteiger partial charge in [-0.2, -0.15) is 9.98 Å². The first-order chi connectivity index (χ1) is 7.36. The third kappa shape index (κ3) is 2.59. The highest BCUT2D eigenvalue weighted by molar-refractivity contribution is 7.89. The van der Waals surface area contributed by atoms with E-state index in [9.17, 15) is 13.2 Å². The van der Waals surface area contributed by atoms with Crippen LogP contribution >= 0.6 is 0 Å². The molecule has 8 heteroatoms. The number of furan rings is 1. The number of rotatable bonds is 4. The van der Waals surface area contributed by atoms with E-state index in [2.05, 4.69) is 4.42 Å². The van der Waals surface area contributed by atoms with Crippen molar-refractivity contribution in [3.05, 3.63) is 17.9 Å². The molecule has 1 atom stereocenters. The molecule has 7 nitrogen and oxygen atoms in total. The number of aliphatic carboxylic acids is 1. The van der Waals surface area contributed by atoms with E-state index < -0.39 is 27.1 Å². The molecule has 0 aliphatic rings. The topological polar surface area (TPSA) is 120 Å². The Balaban J connectivity index is 2.95. The molecule has 0 fully saturated rings. The Morgan fingerprint density at radius 3 is 2.69 bits per heavy atom. The molecule has 0 aliphatic heterocycles. The highest BCUT2D eigenvalue weighted by atomic mass is 32.2. The van der Waals surface area contributed by atoms with Crippen LogP contribution in [0.3, 0.4) is 0 Å². The lowest BCUT2D eigenvalue weighted by Gasteiger charge is -2.07. The van der Waals surface area contributed by atoms with Gasteiger partial charge in [-0.1, -0.05) is 0 Å². The van der Waals surface area contributed by atoms with Crippen molar-refractivity contribution in [2.45, 2.75) is 18.1 Å². The summed E-state index contributed by atoms with van der Waals surface area (Å²) < 4.78 is 29.5. The van der Waals surface area contributed by atoms with Crippen LogP contribution in [0.4, 0.5) is 0 Å². The fourth-order valence-corrected chi connectivity index (χ4v) is 1.99. The molecule has 0 aromatic carbocycles. The Kier molecular flexibility index (Phi) is 3.31. The molecule has 0 bridgehead atoms. The molecular formula is C8H8N2O5S. The standard InChI is InChI=1S/C8H8N2O5S/c1-5(8(11)12)10-16(13,14)7-3-2-6(4-9)15-7/h2-3,5,10H,1H3,(H,11,12). The van der Waals surface area contributed by atoms with Crippen molar-refractivity contribution in [3.63, 3.8) is 0 Å². The summed E-state index contributed by atoms with van der Waals surface area (Å²) in [5.41, 5.74) is 0. The van der Waals surface area contributed by atoms with Gasteiger partial charge in [-0.3, -0.25) is 4.79 Å². The summed E-state index contributed by atoms with van der Waals surface area (Å²) in [5.74, 6) is -1.47. The van der Waals surface area contributed by atoms with Crippen molar-refractivity contribution < 1.29 is 22.7 Å². The number of carbonyl (C=O) groups is 1. The van der Waals surface area contributed by atoms with Gasteiger partial charge in [0.1, 0.15) is 12.1 Å². The van der Waals surface area contributed by atoms with Crippen LogP contribution in [-0.2, 0) is 14.8 Å². The molecule has 0 radical (unpaired) electrons. The number of nitrogens with one attached hydrogen (secondary N) is 1. The number of carboxylic acids is 1. The molecule has 1 rings (SSSR count). The molecule has 0 spiro atoms. The van der Waals surface area contributed by atoms with Crippen LogP contribution in [0.1, 0.15) is 12.7 Å². The second-order valence-electron chi connectivity index (χ2n) is 2.91. The van der Waals surface area contributed by atoms with E-state index in [1.165, 1.54) is 13.0 Å². The summed E-state index contributed by atoms with van der Waals surface area (Å²) in [6.45, 7) is 1.17. The van der Waals surface area contributed by atoms with Gasteiger partial charge in [-0.05, 0) is 19.1 Å². The van der Waals surface area contributed by atoms with Gasteiger partial charge in [0.25, 0.3) is 10.0 Å². The number of nitrogens with zero attached hydrogens (tertiary/aromatic N) is 1. The number of nitriles is 1. The van der Waals surface area contributed by atoms with Crippen LogP contribution in [0, 0.1) is 11.3 Å². The van der Waals surface area contributed by atoms with Crippen LogP contribution in [0.5, 0.6) is 0 Å². The highest BCUT2D eigenvalue weighted by Crippen LogP contribution is 2.13. The monoisotopic (exact) mass is 244 g/mol. The van der Waals surface area contributed by atoms with E-state index in [0.717, 1.165) is 6.07 Å². The maximum absolute atomic E-state index is 11.5. The smallest absolute Gasteiger partial charge is 0.321 e. The lowest BCUT2D eigenvalue weighted by Crippen LogP contribution is -2.38. The van der Waals surface area contributed by atoms with Gasteiger partial charge in [-0.25, -0.2) is 8.42 Å². The largest absolute Gasteiger partial charge is 0.480 e. The minimum atomic E-state index is -4.04. The summed E-state index contributed by atoms with van der Waals surface area (Å²) in [6.07, 6.45) is 0. The van der Waals surface area contributed by atoms with Gasteiger partial charge in [-0.15, -0.1) is 0 Å². The number of hydrogen-bond acceptors (Lipinski definition) is 5. The van der Waals surface area contributed by atoms with Gasteiger partial charge in [0.05, 0.1) is 0 Å². The molecule has 16 heavy (non-hydrogen) atoms. The summed E-state index contributed by atoms with van der Waals surface area (Å²) in [7, 11) is -4.04. The van der Waals surface area contributed by atoms with Crippen LogP contribution in [0.25, 0.3) is 0 Å². The molecule has 0 saturated heterocycles. The van der Waals surface area contributed by atoms with Crippen molar-refractivity contribution >= 4 is 16.0 Å². The van der Waals surface area contributed by atoms with E-state index >= 15 is 0 Å². The Hall–Kier alpha value is -1.85. The van der Waals surface area contributed by atoms with Gasteiger partial charge >= 0.3 is 5.97 Å². The second kappa shape index (κ2) is 4.34. The third-order valence-electron chi connectivity index (χ3n) is 1.66. The lowest BCUT2D eigenvalue weighted by molar-refractivity contribution is -0.138. The van der Waals surface area contributed by atoms with Crippen molar-refractivity contribution in [2.75, 3.05) is 0 Å². The van der Waals surface area contributed by atoms with Crippen LogP contribution < -0.4 is 4.72 Å². The normalized spacial score (nSPS) is 13.0. The van der Waals surface area contributed by atoms with E-state index in [-0.39, 0.29) is 5.76 Å². The fourth-order valence-electron chi connectivity index (χ4n) is 0.866. The fraction of sp³-hybridized carbons (Fsp3) is 0.250. The maximum Gasteiger partial charge on any atom is 0.321 e. The van der Waals surface area contributed by atoms with Gasteiger partial charge in [0, 0.05) is 0 Å². The first-order valence-corrected chi connectivity index (χ1v) is 5.60. The molecule has 1 aromatic heterocycles. The van der Waals surface area contributed by atoms with Crippen molar-refractivity contribution in [2.24, 2.45) is 0 Å². The van der Waals surface area contributed by atoms with E-state index in [4.69, 9.17) is 10.4 Å². The number of hydrogen-bond donors (Lipinski definition) is 2. The van der Waals surface area contributed by atoms with Gasteiger partial charge in [0.15, 0.2) is 0 Å². The van der Waals surface area contributed by atoms with Crippen LogP contribution in [0.15, 0.2) is 21.6 Å². The Labute approximate surface area is 91.3 Å². The second-order valence-corrected chi connectivity index (χ2v) is 4.56. The van der Waals surface area contributed by atoms with E-state index in [0.29, 0.717) is 0 Å². The van der Waals surface area contributed by atoms with Crippen molar-refractivity contribution in [3.8, 4) is 6.07 Å². The molecule has 1 aromatic rings. The van der Waals surface area contributed by atoms with Crippen molar-refractivity contribution in [1.82, 2.24) is 4.72 Å². The zero-order valence-electron chi connectivity index (χ0n) is 8.17. The Morgan fingerprint density at radius 1 is 1.62 bits per heavy atom. The molecule has 2 N–H and O–H groups in total. The Bertz CT molecular complexity index is 539. The predicted molar refractivity (Wildman–Crippen MR) is 50.8 cm³/mol. The van der Waals surface area contributed by atoms with Crippen LogP contribution in [0.2, 0.25) is 0 Å². The minimum absolute atomic E-state index is 0.164. The van der Waals surface area contributed by atoms with Gasteiger partial charge in [0.2, 0.25) is 10.9 Å². The summed E-state index contributed by atoms with van der Waals surface area (Å²) >= 11 is 0. The molecule has 0 amide bonds. The molecule has 1 heterocycles. The summed E-state index contributed by atoms with van der Waals surface area (Å²) in [5, 5.41) is 16.5. The molecule has 86 valence electrons. The summed E-state index contributed by atoms with van der Waals surface area (Å²) in [6, 6.07) is 2.60. The van der Waals surface area contributed by atoms with Crippen molar-refractivity contribution in [1.29, 1.82) is 5.26 Å². The number of carboxylic acid groups (broad SMARTS) is 1. The maximum atomic E-state index is 11.5. The van der Waals surface area contributed by atoms with E-state index in [1.807, 2.05) is 4.72 Å². The number of sulfonamides is 1. The average molecular weight is 244 g/mol. The lowest BCUT2D eigenvalue weighted by atomic mass is 10.4. The molecule has 0 aliphatic carbocycles. The highest BCUT2D eigenvalue weighted by Gasteiger charge is 2.24. The molecule has 1 unspecified atom stereocenters. The SMILES string of the molecule is CC(NS(=O)(=O)c1ccc(C#N)o1)C(=O)O.